The number of hydrogen-bond donors (Lipinski definition) is 1. The van der Waals surface area contributed by atoms with Crippen LogP contribution in [0.4, 0.5) is 4.79 Å². The Morgan fingerprint density at radius 3 is 2.30 bits per heavy atom. The van der Waals surface area contributed by atoms with Crippen LogP contribution in [0.2, 0.25) is 0 Å². The fourth-order valence-electron chi connectivity index (χ4n) is 3.91. The van der Waals surface area contributed by atoms with E-state index in [0.717, 1.165) is 19.3 Å². The largest absolute Gasteiger partial charge is 0.465 e. The van der Waals surface area contributed by atoms with E-state index in [4.69, 9.17) is 9.47 Å². The summed E-state index contributed by atoms with van der Waals surface area (Å²) in [5.41, 5.74) is -0.956. The van der Waals surface area contributed by atoms with Crippen molar-refractivity contribution in [2.45, 2.75) is 91.2 Å². The van der Waals surface area contributed by atoms with E-state index in [0.29, 0.717) is 12.5 Å². The molecule has 2 aliphatic heterocycles. The Hall–Kier alpha value is -0.810. The fourth-order valence-corrected chi connectivity index (χ4v) is 3.91. The monoisotopic (exact) mass is 327 g/mol. The molecule has 0 spiro atoms. The molecule has 1 amide bonds. The highest BCUT2D eigenvalue weighted by atomic mass is 16.6. The van der Waals surface area contributed by atoms with Crippen molar-refractivity contribution in [3.63, 3.8) is 0 Å². The summed E-state index contributed by atoms with van der Waals surface area (Å²) in [6, 6.07) is -0.127. The third-order valence-electron chi connectivity index (χ3n) is 5.18. The van der Waals surface area contributed by atoms with E-state index in [1.54, 1.807) is 0 Å². The van der Waals surface area contributed by atoms with E-state index >= 15 is 0 Å². The molecule has 0 radical (unpaired) electrons. The van der Waals surface area contributed by atoms with Crippen LogP contribution in [0.25, 0.3) is 0 Å². The second-order valence-corrected chi connectivity index (χ2v) is 9.28. The lowest BCUT2D eigenvalue weighted by atomic mass is 9.79. The minimum atomic E-state index is -0.899. The average Bonchev–Trinajstić information content (AvgIpc) is 2.63. The van der Waals surface area contributed by atoms with E-state index in [-0.39, 0.29) is 23.2 Å². The van der Waals surface area contributed by atoms with Gasteiger partial charge < -0.3 is 14.6 Å². The van der Waals surface area contributed by atoms with Gasteiger partial charge in [0, 0.05) is 0 Å². The molecule has 0 aromatic rings. The molecule has 5 nitrogen and oxygen atoms in total. The summed E-state index contributed by atoms with van der Waals surface area (Å²) >= 11 is 0. The van der Waals surface area contributed by atoms with Gasteiger partial charge in [-0.25, -0.2) is 4.79 Å². The minimum absolute atomic E-state index is 0.0577. The second-order valence-electron chi connectivity index (χ2n) is 9.28. The van der Waals surface area contributed by atoms with Crippen LogP contribution in [0, 0.1) is 11.3 Å². The first-order chi connectivity index (χ1) is 10.3. The predicted octanol–water partition coefficient (Wildman–Crippen LogP) is 4.11. The van der Waals surface area contributed by atoms with Crippen LogP contribution in [0.3, 0.4) is 0 Å². The van der Waals surface area contributed by atoms with Gasteiger partial charge in [0.25, 0.3) is 0 Å². The van der Waals surface area contributed by atoms with E-state index < -0.39 is 11.8 Å². The normalized spacial score (nSPS) is 33.7. The van der Waals surface area contributed by atoms with Crippen molar-refractivity contribution in [1.82, 2.24) is 4.90 Å². The topological polar surface area (TPSA) is 59.0 Å². The zero-order chi connectivity index (χ0) is 17.6. The molecule has 0 bridgehead atoms. The standard InChI is InChI=1S/C18H33NO4/c1-16(2,3)14-13(19(15(20)21)18(6,7)23-14)10-12-8-9-17(4,5)22-11-12/h12-14H,8-11H2,1-7H3,(H,20,21)/t12-,13?,14?/m1/s1. The lowest BCUT2D eigenvalue weighted by Gasteiger charge is -2.39. The van der Waals surface area contributed by atoms with Crippen LogP contribution in [0.15, 0.2) is 0 Å². The smallest absolute Gasteiger partial charge is 0.409 e. The van der Waals surface area contributed by atoms with Crippen LogP contribution in [0.5, 0.6) is 0 Å². The molecule has 134 valence electrons. The number of hydrogen-bond acceptors (Lipinski definition) is 3. The Kier molecular flexibility index (Phi) is 4.77. The van der Waals surface area contributed by atoms with Gasteiger partial charge in [-0.05, 0) is 58.3 Å². The Morgan fingerprint density at radius 2 is 1.87 bits per heavy atom. The lowest BCUT2D eigenvalue weighted by Crippen LogP contribution is -2.50. The Bertz CT molecular complexity index is 442. The third kappa shape index (κ3) is 4.00. The minimum Gasteiger partial charge on any atom is -0.465 e. The Balaban J connectivity index is 2.18. The number of nitrogens with zero attached hydrogens (tertiary/aromatic N) is 1. The van der Waals surface area contributed by atoms with Crippen molar-refractivity contribution in [3.8, 4) is 0 Å². The molecular formula is C18H33NO4. The molecule has 2 unspecified atom stereocenters. The summed E-state index contributed by atoms with van der Waals surface area (Å²) in [4.78, 5) is 13.4. The van der Waals surface area contributed by atoms with Crippen molar-refractivity contribution in [3.05, 3.63) is 0 Å². The Morgan fingerprint density at radius 1 is 1.26 bits per heavy atom. The SMILES string of the molecule is CC1(C)CC[C@H](CC2C(C(C)(C)C)OC(C)(C)N2C(=O)O)CO1. The van der Waals surface area contributed by atoms with Crippen molar-refractivity contribution in [2.75, 3.05) is 6.61 Å². The summed E-state index contributed by atoms with van der Waals surface area (Å²) in [5.74, 6) is 0.386. The van der Waals surface area contributed by atoms with Crippen LogP contribution in [0.1, 0.15) is 67.7 Å². The van der Waals surface area contributed by atoms with Crippen molar-refractivity contribution in [2.24, 2.45) is 11.3 Å². The third-order valence-corrected chi connectivity index (χ3v) is 5.18. The highest BCUT2D eigenvalue weighted by molar-refractivity contribution is 5.67. The van der Waals surface area contributed by atoms with E-state index in [1.165, 1.54) is 4.90 Å². The first kappa shape index (κ1) is 18.5. The molecule has 0 saturated carbocycles. The van der Waals surface area contributed by atoms with Gasteiger partial charge in [0.1, 0.15) is 5.72 Å². The molecule has 1 N–H and O–H groups in total. The van der Waals surface area contributed by atoms with Crippen molar-refractivity contribution >= 4 is 6.09 Å². The van der Waals surface area contributed by atoms with Gasteiger partial charge in [-0.1, -0.05) is 20.8 Å². The van der Waals surface area contributed by atoms with Crippen LogP contribution >= 0.6 is 0 Å². The number of rotatable bonds is 2. The molecule has 3 atom stereocenters. The molecule has 2 aliphatic rings. The lowest BCUT2D eigenvalue weighted by molar-refractivity contribution is -0.0929. The zero-order valence-electron chi connectivity index (χ0n) is 15.7. The van der Waals surface area contributed by atoms with Crippen LogP contribution in [-0.4, -0.2) is 46.2 Å². The molecule has 5 heteroatoms. The van der Waals surface area contributed by atoms with Gasteiger partial charge in [-0.3, -0.25) is 4.90 Å². The van der Waals surface area contributed by atoms with Gasteiger partial charge in [-0.2, -0.15) is 0 Å². The molecule has 23 heavy (non-hydrogen) atoms. The van der Waals surface area contributed by atoms with Gasteiger partial charge in [-0.15, -0.1) is 0 Å². The van der Waals surface area contributed by atoms with E-state index in [1.807, 2.05) is 13.8 Å². The zero-order valence-corrected chi connectivity index (χ0v) is 15.7. The van der Waals surface area contributed by atoms with Crippen LogP contribution in [-0.2, 0) is 9.47 Å². The van der Waals surface area contributed by atoms with Crippen molar-refractivity contribution in [1.29, 1.82) is 0 Å². The molecule has 2 saturated heterocycles. The molecule has 0 aliphatic carbocycles. The maximum atomic E-state index is 11.9. The molecule has 0 aromatic carbocycles. The molecule has 2 fully saturated rings. The number of ether oxygens (including phenoxy) is 2. The number of amides is 1. The fraction of sp³-hybridized carbons (Fsp3) is 0.944. The van der Waals surface area contributed by atoms with Gasteiger partial charge >= 0.3 is 6.09 Å². The molecule has 2 rings (SSSR count). The van der Waals surface area contributed by atoms with Gasteiger partial charge in [0.05, 0.1) is 24.4 Å². The van der Waals surface area contributed by atoms with Gasteiger partial charge in [0.2, 0.25) is 0 Å². The summed E-state index contributed by atoms with van der Waals surface area (Å²) < 4.78 is 12.1. The summed E-state index contributed by atoms with van der Waals surface area (Å²) in [6.45, 7) is 15.0. The number of carboxylic acid groups (broad SMARTS) is 1. The molecule has 0 aromatic heterocycles. The Labute approximate surface area is 140 Å². The second kappa shape index (κ2) is 5.92. The first-order valence-corrected chi connectivity index (χ1v) is 8.67. The van der Waals surface area contributed by atoms with E-state index in [9.17, 15) is 9.90 Å². The quantitative estimate of drug-likeness (QED) is 0.829. The number of carbonyl (C=O) groups is 1. The average molecular weight is 327 g/mol. The summed E-state index contributed by atoms with van der Waals surface area (Å²) in [6.07, 6.45) is 1.89. The highest BCUT2D eigenvalue weighted by Crippen LogP contribution is 2.43. The van der Waals surface area contributed by atoms with Crippen molar-refractivity contribution < 1.29 is 19.4 Å². The summed E-state index contributed by atoms with van der Waals surface area (Å²) in [7, 11) is 0. The first-order valence-electron chi connectivity index (χ1n) is 8.67. The highest BCUT2D eigenvalue weighted by Gasteiger charge is 2.54. The van der Waals surface area contributed by atoms with Gasteiger partial charge in [0.15, 0.2) is 0 Å². The maximum Gasteiger partial charge on any atom is 0.409 e. The van der Waals surface area contributed by atoms with E-state index in [2.05, 4.69) is 34.6 Å². The summed E-state index contributed by atoms with van der Waals surface area (Å²) in [5, 5.41) is 9.73. The predicted molar refractivity (Wildman–Crippen MR) is 89.4 cm³/mol. The molecule has 2 heterocycles. The molecular weight excluding hydrogens is 294 g/mol. The van der Waals surface area contributed by atoms with Crippen LogP contribution < -0.4 is 0 Å². The maximum absolute atomic E-state index is 11.9.